The number of carbonyl (C=O) groups is 1. The summed E-state index contributed by atoms with van der Waals surface area (Å²) in [5.41, 5.74) is 2.93. The molecule has 0 aliphatic carbocycles. The SMILES string of the molecule is COc1ccc(-c2ccccc2)cc1S(=O)(=O)Cc1cccc(CCCNC(=O)OC(C)(C)C)c1. The number of rotatable bonds is 9. The van der Waals surface area contributed by atoms with Crippen LogP contribution in [0.4, 0.5) is 4.79 Å². The molecule has 0 unspecified atom stereocenters. The van der Waals surface area contributed by atoms with Crippen molar-refractivity contribution in [2.45, 2.75) is 49.9 Å². The minimum absolute atomic E-state index is 0.133. The molecule has 7 heteroatoms. The lowest BCUT2D eigenvalue weighted by molar-refractivity contribution is 0.0527. The third-order valence-electron chi connectivity index (χ3n) is 5.26. The Bertz CT molecular complexity index is 1250. The fourth-order valence-corrected chi connectivity index (χ4v) is 5.24. The third-order valence-corrected chi connectivity index (χ3v) is 6.97. The average molecular weight is 496 g/mol. The van der Waals surface area contributed by atoms with Crippen molar-refractivity contribution in [3.05, 3.63) is 83.9 Å². The number of alkyl carbamates (subject to hydrolysis) is 1. The maximum absolute atomic E-state index is 13.4. The maximum Gasteiger partial charge on any atom is 0.407 e. The van der Waals surface area contributed by atoms with E-state index in [9.17, 15) is 13.2 Å². The van der Waals surface area contributed by atoms with Gasteiger partial charge in [0, 0.05) is 6.54 Å². The molecule has 0 aliphatic rings. The van der Waals surface area contributed by atoms with Gasteiger partial charge in [0.05, 0.1) is 12.9 Å². The van der Waals surface area contributed by atoms with E-state index in [0.717, 1.165) is 16.7 Å². The summed E-state index contributed by atoms with van der Waals surface area (Å²) in [4.78, 5) is 11.9. The van der Waals surface area contributed by atoms with Gasteiger partial charge in [0.1, 0.15) is 16.2 Å². The van der Waals surface area contributed by atoms with E-state index in [0.29, 0.717) is 30.7 Å². The number of nitrogens with one attached hydrogen (secondary N) is 1. The van der Waals surface area contributed by atoms with Crippen molar-refractivity contribution in [2.24, 2.45) is 0 Å². The molecule has 186 valence electrons. The highest BCUT2D eigenvalue weighted by Crippen LogP contribution is 2.32. The first-order chi connectivity index (χ1) is 16.6. The zero-order valence-electron chi connectivity index (χ0n) is 20.7. The van der Waals surface area contributed by atoms with Gasteiger partial charge >= 0.3 is 6.09 Å². The Morgan fingerprint density at radius 2 is 1.60 bits per heavy atom. The molecule has 0 aliphatic heterocycles. The van der Waals surface area contributed by atoms with Gasteiger partial charge in [0.15, 0.2) is 9.84 Å². The van der Waals surface area contributed by atoms with E-state index in [1.54, 1.807) is 12.1 Å². The fraction of sp³-hybridized carbons (Fsp3) is 0.321. The number of hydrogen-bond donors (Lipinski definition) is 1. The molecule has 0 spiro atoms. The van der Waals surface area contributed by atoms with Gasteiger partial charge in [-0.25, -0.2) is 13.2 Å². The summed E-state index contributed by atoms with van der Waals surface area (Å²) in [5, 5.41) is 2.74. The molecule has 1 amide bonds. The summed E-state index contributed by atoms with van der Waals surface area (Å²) in [5.74, 6) is 0.194. The number of ether oxygens (including phenoxy) is 2. The summed E-state index contributed by atoms with van der Waals surface area (Å²) in [6, 6.07) is 22.4. The van der Waals surface area contributed by atoms with Crippen molar-refractivity contribution in [1.82, 2.24) is 5.32 Å². The molecule has 0 aromatic heterocycles. The lowest BCUT2D eigenvalue weighted by Gasteiger charge is -2.19. The normalized spacial score (nSPS) is 11.7. The minimum Gasteiger partial charge on any atom is -0.495 e. The number of hydrogen-bond acceptors (Lipinski definition) is 5. The number of aryl methyl sites for hydroxylation is 1. The fourth-order valence-electron chi connectivity index (χ4n) is 3.70. The van der Waals surface area contributed by atoms with Crippen LogP contribution in [0.15, 0.2) is 77.7 Å². The zero-order chi connectivity index (χ0) is 25.5. The Labute approximate surface area is 208 Å². The molecule has 35 heavy (non-hydrogen) atoms. The largest absolute Gasteiger partial charge is 0.495 e. The third kappa shape index (κ3) is 7.86. The molecule has 0 heterocycles. The van der Waals surface area contributed by atoms with Crippen molar-refractivity contribution in [1.29, 1.82) is 0 Å². The molecule has 3 rings (SSSR count). The maximum atomic E-state index is 13.4. The average Bonchev–Trinajstić information content (AvgIpc) is 2.81. The second kappa shape index (κ2) is 11.4. The minimum atomic E-state index is -3.66. The Balaban J connectivity index is 1.69. The second-order valence-electron chi connectivity index (χ2n) is 9.34. The van der Waals surface area contributed by atoms with Crippen molar-refractivity contribution >= 4 is 15.9 Å². The van der Waals surface area contributed by atoms with Crippen molar-refractivity contribution in [3.63, 3.8) is 0 Å². The predicted octanol–water partition coefficient (Wildman–Crippen LogP) is 5.79. The Morgan fingerprint density at radius 3 is 2.29 bits per heavy atom. The first kappa shape index (κ1) is 26.3. The van der Waals surface area contributed by atoms with Gasteiger partial charge in [0.2, 0.25) is 0 Å². The lowest BCUT2D eigenvalue weighted by Crippen LogP contribution is -2.33. The summed E-state index contributed by atoms with van der Waals surface area (Å²) < 4.78 is 37.4. The topological polar surface area (TPSA) is 81.7 Å². The van der Waals surface area contributed by atoms with Crippen LogP contribution in [0.5, 0.6) is 5.75 Å². The second-order valence-corrected chi connectivity index (χ2v) is 11.3. The number of amides is 1. The van der Waals surface area contributed by atoms with Crippen LogP contribution >= 0.6 is 0 Å². The van der Waals surface area contributed by atoms with Crippen LogP contribution in [-0.2, 0) is 26.7 Å². The Hall–Kier alpha value is -3.32. The predicted molar refractivity (Wildman–Crippen MR) is 138 cm³/mol. The molecule has 0 saturated heterocycles. The van der Waals surface area contributed by atoms with Crippen LogP contribution < -0.4 is 10.1 Å². The quantitative estimate of drug-likeness (QED) is 0.380. The number of sulfone groups is 1. The highest BCUT2D eigenvalue weighted by atomic mass is 32.2. The van der Waals surface area contributed by atoms with Crippen LogP contribution in [0.2, 0.25) is 0 Å². The van der Waals surface area contributed by atoms with Gasteiger partial charge in [-0.3, -0.25) is 0 Å². The highest BCUT2D eigenvalue weighted by Gasteiger charge is 2.21. The molecule has 6 nitrogen and oxygen atoms in total. The summed E-state index contributed by atoms with van der Waals surface area (Å²) >= 11 is 0. The summed E-state index contributed by atoms with van der Waals surface area (Å²) in [7, 11) is -2.18. The Kier molecular flexibility index (Phi) is 8.57. The summed E-state index contributed by atoms with van der Waals surface area (Å²) in [6.45, 7) is 5.93. The van der Waals surface area contributed by atoms with E-state index in [2.05, 4.69) is 5.32 Å². The first-order valence-electron chi connectivity index (χ1n) is 11.6. The molecule has 1 N–H and O–H groups in total. The molecule has 0 bridgehead atoms. The van der Waals surface area contributed by atoms with Gasteiger partial charge in [-0.15, -0.1) is 0 Å². The molecular formula is C28H33NO5S. The van der Waals surface area contributed by atoms with Crippen LogP contribution in [0.1, 0.15) is 38.3 Å². The Morgan fingerprint density at radius 1 is 0.886 bits per heavy atom. The van der Waals surface area contributed by atoms with Crippen molar-refractivity contribution in [2.75, 3.05) is 13.7 Å². The number of carbonyl (C=O) groups excluding carboxylic acids is 1. The van der Waals surface area contributed by atoms with Gasteiger partial charge < -0.3 is 14.8 Å². The van der Waals surface area contributed by atoms with Crippen LogP contribution in [-0.4, -0.2) is 33.8 Å². The molecule has 0 fully saturated rings. The highest BCUT2D eigenvalue weighted by molar-refractivity contribution is 7.90. The molecule has 0 saturated carbocycles. The van der Waals surface area contributed by atoms with Gasteiger partial charge in [0.25, 0.3) is 0 Å². The van der Waals surface area contributed by atoms with Crippen molar-refractivity contribution < 1.29 is 22.7 Å². The molecule has 3 aromatic carbocycles. The molecule has 0 radical (unpaired) electrons. The number of methoxy groups -OCH3 is 1. The lowest BCUT2D eigenvalue weighted by atomic mass is 10.1. The van der Waals surface area contributed by atoms with Crippen molar-refractivity contribution in [3.8, 4) is 16.9 Å². The monoisotopic (exact) mass is 495 g/mol. The van der Waals surface area contributed by atoms with E-state index >= 15 is 0 Å². The van der Waals surface area contributed by atoms with E-state index < -0.39 is 21.5 Å². The van der Waals surface area contributed by atoms with Gasteiger partial charge in [-0.1, -0.05) is 60.7 Å². The van der Waals surface area contributed by atoms with Gasteiger partial charge in [-0.2, -0.15) is 0 Å². The molecule has 3 aromatic rings. The van der Waals surface area contributed by atoms with Crippen LogP contribution in [0.25, 0.3) is 11.1 Å². The smallest absolute Gasteiger partial charge is 0.407 e. The van der Waals surface area contributed by atoms with E-state index in [4.69, 9.17) is 9.47 Å². The molecule has 0 atom stereocenters. The van der Waals surface area contributed by atoms with Crippen LogP contribution in [0.3, 0.4) is 0 Å². The molecular weight excluding hydrogens is 462 g/mol. The van der Waals surface area contributed by atoms with Gasteiger partial charge in [-0.05, 0) is 68.0 Å². The first-order valence-corrected chi connectivity index (χ1v) is 13.2. The standard InChI is InChI=1S/C28H33NO5S/c1-28(2,3)34-27(30)29-17-9-12-21-10-8-11-22(18-21)20-35(31,32)26-19-24(15-16-25(26)33-4)23-13-6-5-7-14-23/h5-8,10-11,13-16,18-19H,9,12,17,20H2,1-4H3,(H,29,30). The van der Waals surface area contributed by atoms with Crippen LogP contribution in [0, 0.1) is 0 Å². The van der Waals surface area contributed by atoms with E-state index in [-0.39, 0.29) is 10.6 Å². The summed E-state index contributed by atoms with van der Waals surface area (Å²) in [6.07, 6.45) is 0.975. The number of benzene rings is 3. The zero-order valence-corrected chi connectivity index (χ0v) is 21.5. The van der Waals surface area contributed by atoms with E-state index in [1.807, 2.05) is 81.4 Å². The van der Waals surface area contributed by atoms with E-state index in [1.165, 1.54) is 7.11 Å².